The van der Waals surface area contributed by atoms with Crippen LogP contribution in [0.3, 0.4) is 0 Å². The molecule has 0 aromatic heterocycles. The lowest BCUT2D eigenvalue weighted by Crippen LogP contribution is -2.52. The van der Waals surface area contributed by atoms with Crippen LogP contribution in [0.5, 0.6) is 0 Å². The van der Waals surface area contributed by atoms with Crippen LogP contribution in [0, 0.1) is 0 Å². The van der Waals surface area contributed by atoms with Gasteiger partial charge in [0.05, 0.1) is 12.6 Å². The smallest absolute Gasteiger partial charge is 0.261 e. The van der Waals surface area contributed by atoms with Crippen LogP contribution in [0.25, 0.3) is 10.8 Å². The maximum Gasteiger partial charge on any atom is 0.261 e. The molecule has 33 heavy (non-hydrogen) atoms. The van der Waals surface area contributed by atoms with Crippen molar-refractivity contribution in [2.24, 2.45) is 0 Å². The lowest BCUT2D eigenvalue weighted by molar-refractivity contribution is -0.123. The van der Waals surface area contributed by atoms with Gasteiger partial charge in [0.2, 0.25) is 5.91 Å². The van der Waals surface area contributed by atoms with Gasteiger partial charge in [0, 0.05) is 68.9 Å². The Balaban J connectivity index is 1.11. The molecule has 1 N–H and O–H groups in total. The minimum atomic E-state index is -0.217. The van der Waals surface area contributed by atoms with Crippen LogP contribution in [-0.2, 0) is 9.53 Å². The first-order valence-corrected chi connectivity index (χ1v) is 11.8. The van der Waals surface area contributed by atoms with Crippen LogP contribution in [0.15, 0.2) is 36.4 Å². The molecule has 0 radical (unpaired) electrons. The second-order valence-corrected chi connectivity index (χ2v) is 9.03. The van der Waals surface area contributed by atoms with Crippen LogP contribution < -0.4 is 5.32 Å². The van der Waals surface area contributed by atoms with Crippen molar-refractivity contribution in [3.05, 3.63) is 47.5 Å². The SMILES string of the molecule is O=C(CN1CCN(CCN2C(=O)c3cccc4cccc(c34)C2=O)CC1)NC[C@@H]1CCCO1. The van der Waals surface area contributed by atoms with E-state index in [1.165, 1.54) is 4.90 Å². The van der Waals surface area contributed by atoms with Crippen molar-refractivity contribution in [3.63, 3.8) is 0 Å². The van der Waals surface area contributed by atoms with Gasteiger partial charge in [-0.15, -0.1) is 0 Å². The van der Waals surface area contributed by atoms with Crippen molar-refractivity contribution in [1.29, 1.82) is 0 Å². The predicted molar refractivity (Wildman–Crippen MR) is 124 cm³/mol. The Hall–Kier alpha value is -2.81. The number of rotatable bonds is 7. The molecule has 8 nitrogen and oxygen atoms in total. The fourth-order valence-electron chi connectivity index (χ4n) is 4.99. The van der Waals surface area contributed by atoms with Crippen LogP contribution in [0.4, 0.5) is 0 Å². The van der Waals surface area contributed by atoms with Crippen LogP contribution in [0.2, 0.25) is 0 Å². The summed E-state index contributed by atoms with van der Waals surface area (Å²) in [6.07, 6.45) is 2.24. The third kappa shape index (κ3) is 4.64. The summed E-state index contributed by atoms with van der Waals surface area (Å²) in [5, 5.41) is 4.66. The standard InChI is InChI=1S/C25H30N4O4/c30-22(26-16-19-6-3-15-33-19)17-28-11-9-27(10-12-28)13-14-29-24(31)20-7-1-4-18-5-2-8-21(23(18)20)25(29)32/h1-2,4-5,7-8,19H,3,6,9-17H2,(H,26,30)/t19-/m0/s1. The average molecular weight is 451 g/mol. The zero-order chi connectivity index (χ0) is 22.8. The van der Waals surface area contributed by atoms with Crippen LogP contribution in [0.1, 0.15) is 33.6 Å². The molecule has 2 aromatic carbocycles. The number of benzene rings is 2. The molecule has 3 aliphatic heterocycles. The summed E-state index contributed by atoms with van der Waals surface area (Å²) in [5.41, 5.74) is 1.20. The first kappa shape index (κ1) is 22.0. The number of ether oxygens (including phenoxy) is 1. The molecule has 2 fully saturated rings. The first-order valence-electron chi connectivity index (χ1n) is 11.8. The summed E-state index contributed by atoms with van der Waals surface area (Å²) in [6.45, 7) is 5.97. The zero-order valence-electron chi connectivity index (χ0n) is 18.8. The highest BCUT2D eigenvalue weighted by Crippen LogP contribution is 2.29. The van der Waals surface area contributed by atoms with Crippen molar-refractivity contribution >= 4 is 28.5 Å². The summed E-state index contributed by atoms with van der Waals surface area (Å²) >= 11 is 0. The highest BCUT2D eigenvalue weighted by molar-refractivity contribution is 6.25. The second kappa shape index (κ2) is 9.59. The lowest BCUT2D eigenvalue weighted by Gasteiger charge is -2.35. The maximum atomic E-state index is 13.0. The van der Waals surface area contributed by atoms with E-state index in [0.29, 0.717) is 37.3 Å². The quantitative estimate of drug-likeness (QED) is 0.642. The topological polar surface area (TPSA) is 82.2 Å². The first-order chi connectivity index (χ1) is 16.1. The molecule has 0 spiro atoms. The van der Waals surface area contributed by atoms with Crippen molar-refractivity contribution in [2.75, 3.05) is 59.0 Å². The van der Waals surface area contributed by atoms with Crippen molar-refractivity contribution in [1.82, 2.24) is 20.0 Å². The average Bonchev–Trinajstić information content (AvgIpc) is 3.36. The van der Waals surface area contributed by atoms with Crippen molar-refractivity contribution in [2.45, 2.75) is 18.9 Å². The number of amides is 3. The van der Waals surface area contributed by atoms with E-state index in [0.717, 1.165) is 56.4 Å². The summed E-state index contributed by atoms with van der Waals surface area (Å²) < 4.78 is 5.55. The van der Waals surface area contributed by atoms with Gasteiger partial charge in [-0.05, 0) is 30.4 Å². The number of nitrogens with one attached hydrogen (secondary N) is 1. The molecule has 1 atom stereocenters. The molecule has 0 bridgehead atoms. The van der Waals surface area contributed by atoms with Crippen LogP contribution in [-0.4, -0.2) is 97.5 Å². The Morgan fingerprint density at radius 3 is 2.24 bits per heavy atom. The third-order valence-electron chi connectivity index (χ3n) is 6.88. The van der Waals surface area contributed by atoms with E-state index in [2.05, 4.69) is 15.1 Å². The highest BCUT2D eigenvalue weighted by atomic mass is 16.5. The Kier molecular flexibility index (Phi) is 6.39. The fourth-order valence-corrected chi connectivity index (χ4v) is 4.99. The van der Waals surface area contributed by atoms with Gasteiger partial charge in [0.1, 0.15) is 0 Å². The second-order valence-electron chi connectivity index (χ2n) is 9.03. The molecule has 8 heteroatoms. The number of carbonyl (C=O) groups is 3. The summed E-state index contributed by atoms with van der Waals surface area (Å²) in [5.74, 6) is -0.395. The Labute approximate surface area is 193 Å². The molecule has 174 valence electrons. The number of imide groups is 1. The molecule has 2 saturated heterocycles. The Morgan fingerprint density at radius 1 is 0.939 bits per heavy atom. The summed E-state index contributed by atoms with van der Waals surface area (Å²) in [6, 6.07) is 11.2. The van der Waals surface area contributed by atoms with Crippen molar-refractivity contribution in [3.8, 4) is 0 Å². The van der Waals surface area contributed by atoms with Gasteiger partial charge in [0.25, 0.3) is 11.8 Å². The fraction of sp³-hybridized carbons (Fsp3) is 0.480. The largest absolute Gasteiger partial charge is 0.376 e. The molecule has 5 rings (SSSR count). The molecule has 0 saturated carbocycles. The molecule has 0 unspecified atom stereocenters. The molecule has 2 aromatic rings. The molecule has 3 aliphatic rings. The van der Waals surface area contributed by atoms with E-state index in [4.69, 9.17) is 4.74 Å². The minimum absolute atomic E-state index is 0.0382. The van der Waals surface area contributed by atoms with Gasteiger partial charge in [-0.25, -0.2) is 0 Å². The van der Waals surface area contributed by atoms with Gasteiger partial charge >= 0.3 is 0 Å². The lowest BCUT2D eigenvalue weighted by atomic mass is 9.94. The van der Waals surface area contributed by atoms with E-state index in [9.17, 15) is 14.4 Å². The Bertz CT molecular complexity index is 1010. The number of hydrogen-bond acceptors (Lipinski definition) is 6. The van der Waals surface area contributed by atoms with Crippen molar-refractivity contribution < 1.29 is 19.1 Å². The van der Waals surface area contributed by atoms with Gasteiger partial charge in [-0.3, -0.25) is 29.1 Å². The zero-order valence-corrected chi connectivity index (χ0v) is 18.8. The molecular weight excluding hydrogens is 420 g/mol. The third-order valence-corrected chi connectivity index (χ3v) is 6.88. The molecule has 3 amide bonds. The molecular formula is C25H30N4O4. The van der Waals surface area contributed by atoms with E-state index in [1.807, 2.05) is 24.3 Å². The van der Waals surface area contributed by atoms with E-state index in [1.54, 1.807) is 12.1 Å². The van der Waals surface area contributed by atoms with Gasteiger partial charge in [-0.1, -0.05) is 24.3 Å². The van der Waals surface area contributed by atoms with Gasteiger partial charge in [0.15, 0.2) is 0 Å². The number of hydrogen-bond donors (Lipinski definition) is 1. The molecule has 0 aliphatic carbocycles. The molecule has 3 heterocycles. The number of nitrogens with zero attached hydrogens (tertiary/aromatic N) is 3. The van der Waals surface area contributed by atoms with Gasteiger partial charge in [-0.2, -0.15) is 0 Å². The van der Waals surface area contributed by atoms with E-state index < -0.39 is 0 Å². The Morgan fingerprint density at radius 2 is 1.61 bits per heavy atom. The van der Waals surface area contributed by atoms with Gasteiger partial charge < -0.3 is 10.1 Å². The monoisotopic (exact) mass is 450 g/mol. The summed E-state index contributed by atoms with van der Waals surface area (Å²) in [4.78, 5) is 44.1. The number of carbonyl (C=O) groups excluding carboxylic acids is 3. The summed E-state index contributed by atoms with van der Waals surface area (Å²) in [7, 11) is 0. The maximum absolute atomic E-state index is 13.0. The predicted octanol–water partition coefficient (Wildman–Crippen LogP) is 1.35. The van der Waals surface area contributed by atoms with E-state index >= 15 is 0 Å². The minimum Gasteiger partial charge on any atom is -0.376 e. The highest BCUT2D eigenvalue weighted by Gasteiger charge is 2.33. The van der Waals surface area contributed by atoms with E-state index in [-0.39, 0.29) is 23.8 Å². The normalized spacial score (nSPS) is 21.7. The van der Waals surface area contributed by atoms with Crippen LogP contribution >= 0.6 is 0 Å². The number of piperazine rings is 1.